The predicted octanol–water partition coefficient (Wildman–Crippen LogP) is 4.40. The van der Waals surface area contributed by atoms with Gasteiger partial charge in [-0.15, -0.1) is 0 Å². The molecule has 1 rings (SSSR count). The van der Waals surface area contributed by atoms with E-state index >= 15 is 0 Å². The third-order valence-corrected chi connectivity index (χ3v) is 4.27. The monoisotopic (exact) mass is 429 g/mol. The first kappa shape index (κ1) is 27.8. The second-order valence-electron chi connectivity index (χ2n) is 6.80. The van der Waals surface area contributed by atoms with Crippen LogP contribution in [0.4, 0.5) is 0 Å². The van der Waals surface area contributed by atoms with Crippen LogP contribution < -0.4 is 5.32 Å². The quantitative estimate of drug-likeness (QED) is 0.417. The number of amides is 1. The molecule has 0 fully saturated rings. The number of esters is 2. The summed E-state index contributed by atoms with van der Waals surface area (Å²) in [6, 6.07) is 8.37. The van der Waals surface area contributed by atoms with E-state index in [4.69, 9.17) is 4.74 Å². The lowest BCUT2D eigenvalue weighted by Gasteiger charge is -2.10. The molecule has 0 aromatic heterocycles. The molecular weight excluding hydrogens is 394 g/mol. The van der Waals surface area contributed by atoms with Crippen molar-refractivity contribution in [3.63, 3.8) is 0 Å². The van der Waals surface area contributed by atoms with Gasteiger partial charge in [-0.1, -0.05) is 68.1 Å². The highest BCUT2D eigenvalue weighted by Gasteiger charge is 2.14. The fourth-order valence-electron chi connectivity index (χ4n) is 2.39. The summed E-state index contributed by atoms with van der Waals surface area (Å²) in [6.07, 6.45) is 6.25. The van der Waals surface area contributed by atoms with Crippen molar-refractivity contribution in [2.45, 2.75) is 40.0 Å². The third kappa shape index (κ3) is 12.9. The molecule has 6 nitrogen and oxygen atoms in total. The Kier molecular flexibility index (Phi) is 14.9. The Hall–Kier alpha value is -3.15. The second kappa shape index (κ2) is 16.6. The van der Waals surface area contributed by atoms with Gasteiger partial charge in [-0.05, 0) is 31.4 Å². The zero-order valence-corrected chi connectivity index (χ0v) is 19.1. The molecule has 1 N–H and O–H groups in total. The topological polar surface area (TPSA) is 81.7 Å². The highest BCUT2D eigenvalue weighted by atomic mass is 16.5. The average Bonchev–Trinajstić information content (AvgIpc) is 2.77. The second-order valence-corrected chi connectivity index (χ2v) is 6.80. The van der Waals surface area contributed by atoms with E-state index in [-0.39, 0.29) is 30.6 Å². The van der Waals surface area contributed by atoms with Gasteiger partial charge in [-0.25, -0.2) is 0 Å². The van der Waals surface area contributed by atoms with Crippen LogP contribution in [0.5, 0.6) is 0 Å². The average molecular weight is 430 g/mol. The number of hydrogen-bond acceptors (Lipinski definition) is 5. The maximum atomic E-state index is 11.3. The van der Waals surface area contributed by atoms with E-state index in [0.717, 1.165) is 5.57 Å². The molecule has 0 heterocycles. The van der Waals surface area contributed by atoms with Crippen LogP contribution in [0.3, 0.4) is 0 Å². The van der Waals surface area contributed by atoms with Crippen molar-refractivity contribution >= 4 is 23.4 Å². The molecule has 0 saturated heterocycles. The molecule has 0 aliphatic heterocycles. The number of rotatable bonds is 11. The minimum atomic E-state index is -0.412. The summed E-state index contributed by atoms with van der Waals surface area (Å²) in [5.41, 5.74) is 3.56. The lowest BCUT2D eigenvalue weighted by molar-refractivity contribution is -0.147. The van der Waals surface area contributed by atoms with Gasteiger partial charge in [0.1, 0.15) is 0 Å². The minimum absolute atomic E-state index is 0.0652. The third-order valence-electron chi connectivity index (χ3n) is 4.27. The number of allylic oxidation sites excluding steroid dienone is 4. The van der Waals surface area contributed by atoms with Crippen molar-refractivity contribution in [1.29, 1.82) is 0 Å². The van der Waals surface area contributed by atoms with Crippen molar-refractivity contribution in [2.75, 3.05) is 20.3 Å². The molecule has 0 spiro atoms. The first-order valence-electron chi connectivity index (χ1n) is 10.3. The van der Waals surface area contributed by atoms with Crippen LogP contribution in [0.25, 0.3) is 5.57 Å². The van der Waals surface area contributed by atoms with E-state index < -0.39 is 5.97 Å². The molecule has 0 aliphatic carbocycles. The summed E-state index contributed by atoms with van der Waals surface area (Å²) in [4.78, 5) is 33.4. The number of aryl methyl sites for hydroxylation is 1. The van der Waals surface area contributed by atoms with Crippen LogP contribution in [0.1, 0.15) is 44.2 Å². The Morgan fingerprint density at radius 1 is 1.13 bits per heavy atom. The standard InChI is InChI=1S/C13H14.C12H21NO5/c1-4-6-12(5-2)13-9-7-11(3)8-10-13;1-4-18-12(16)9(2)7-8-13-10(14)5-6-11(15)17-3/h4-10H,1-2H2,3H3;9H,4-8H2,1-3H3,(H,13,14)/b12-6+;. The van der Waals surface area contributed by atoms with E-state index in [1.54, 1.807) is 19.9 Å². The molecule has 1 amide bonds. The molecule has 1 unspecified atom stereocenters. The van der Waals surface area contributed by atoms with Gasteiger partial charge >= 0.3 is 11.9 Å². The minimum Gasteiger partial charge on any atom is -0.469 e. The normalized spacial score (nSPS) is 11.3. The number of benzene rings is 1. The van der Waals surface area contributed by atoms with E-state index in [1.165, 1.54) is 18.2 Å². The Morgan fingerprint density at radius 2 is 1.77 bits per heavy atom. The molecule has 0 aliphatic rings. The largest absolute Gasteiger partial charge is 0.469 e. The van der Waals surface area contributed by atoms with Gasteiger partial charge in [0.2, 0.25) is 5.91 Å². The molecule has 31 heavy (non-hydrogen) atoms. The summed E-state index contributed by atoms with van der Waals surface area (Å²) in [5.74, 6) is -1.14. The zero-order chi connectivity index (χ0) is 23.6. The molecule has 1 atom stereocenters. The van der Waals surface area contributed by atoms with Crippen LogP contribution in [-0.2, 0) is 23.9 Å². The first-order valence-corrected chi connectivity index (χ1v) is 10.3. The molecule has 6 heteroatoms. The highest BCUT2D eigenvalue weighted by molar-refractivity contribution is 5.81. The maximum Gasteiger partial charge on any atom is 0.308 e. The zero-order valence-electron chi connectivity index (χ0n) is 19.1. The van der Waals surface area contributed by atoms with E-state index in [0.29, 0.717) is 19.6 Å². The fourth-order valence-corrected chi connectivity index (χ4v) is 2.39. The smallest absolute Gasteiger partial charge is 0.308 e. The van der Waals surface area contributed by atoms with E-state index in [2.05, 4.69) is 54.4 Å². The van der Waals surface area contributed by atoms with Gasteiger partial charge in [0.25, 0.3) is 0 Å². The van der Waals surface area contributed by atoms with Crippen LogP contribution in [0.15, 0.2) is 55.7 Å². The molecule has 1 aromatic carbocycles. The summed E-state index contributed by atoms with van der Waals surface area (Å²) in [6.45, 7) is 13.8. The molecule has 0 bridgehead atoms. The first-order chi connectivity index (χ1) is 14.8. The predicted molar refractivity (Wildman–Crippen MR) is 124 cm³/mol. The number of nitrogens with one attached hydrogen (secondary N) is 1. The Bertz CT molecular complexity index is 750. The molecule has 0 saturated carbocycles. The van der Waals surface area contributed by atoms with Gasteiger partial charge in [-0.2, -0.15) is 0 Å². The summed E-state index contributed by atoms with van der Waals surface area (Å²) < 4.78 is 9.26. The summed E-state index contributed by atoms with van der Waals surface area (Å²) in [7, 11) is 1.28. The number of carbonyl (C=O) groups is 3. The van der Waals surface area contributed by atoms with Crippen LogP contribution in [0.2, 0.25) is 0 Å². The Balaban J connectivity index is 0.000000609. The van der Waals surface area contributed by atoms with Crippen molar-refractivity contribution in [1.82, 2.24) is 5.32 Å². The van der Waals surface area contributed by atoms with Crippen molar-refractivity contribution in [2.24, 2.45) is 5.92 Å². The van der Waals surface area contributed by atoms with Crippen LogP contribution in [-0.4, -0.2) is 38.1 Å². The van der Waals surface area contributed by atoms with E-state index in [1.807, 2.05) is 12.2 Å². The highest BCUT2D eigenvalue weighted by Crippen LogP contribution is 2.15. The fraction of sp³-hybridized carbons (Fsp3) is 0.400. The summed E-state index contributed by atoms with van der Waals surface area (Å²) in [5, 5.41) is 2.64. The van der Waals surface area contributed by atoms with Gasteiger partial charge in [0.05, 0.1) is 26.1 Å². The van der Waals surface area contributed by atoms with Crippen molar-refractivity contribution < 1.29 is 23.9 Å². The number of ether oxygens (including phenoxy) is 2. The lowest BCUT2D eigenvalue weighted by atomic mass is 10.0. The van der Waals surface area contributed by atoms with E-state index in [9.17, 15) is 14.4 Å². The van der Waals surface area contributed by atoms with Gasteiger partial charge < -0.3 is 14.8 Å². The Morgan fingerprint density at radius 3 is 2.29 bits per heavy atom. The molecule has 1 aromatic rings. The van der Waals surface area contributed by atoms with Gasteiger partial charge in [-0.3, -0.25) is 14.4 Å². The van der Waals surface area contributed by atoms with Crippen molar-refractivity contribution in [3.05, 3.63) is 66.8 Å². The maximum absolute atomic E-state index is 11.3. The molecule has 170 valence electrons. The number of carbonyl (C=O) groups excluding carboxylic acids is 3. The lowest BCUT2D eigenvalue weighted by Crippen LogP contribution is -2.28. The van der Waals surface area contributed by atoms with Crippen LogP contribution in [0, 0.1) is 12.8 Å². The molecular formula is C25H35NO5. The summed E-state index contributed by atoms with van der Waals surface area (Å²) >= 11 is 0. The van der Waals surface area contributed by atoms with Crippen LogP contribution >= 0.6 is 0 Å². The van der Waals surface area contributed by atoms with Gasteiger partial charge in [0.15, 0.2) is 0 Å². The SMILES string of the molecule is C=C/C=C(\C=C)c1ccc(C)cc1.CCOC(=O)C(C)CCNC(=O)CCC(=O)OC. The van der Waals surface area contributed by atoms with Crippen molar-refractivity contribution in [3.8, 4) is 0 Å². The molecule has 0 radical (unpaired) electrons. The Labute approximate surface area is 186 Å². The van der Waals surface area contributed by atoms with Gasteiger partial charge in [0, 0.05) is 13.0 Å². The number of hydrogen-bond donors (Lipinski definition) is 1. The number of methoxy groups -OCH3 is 1.